The second-order valence-electron chi connectivity index (χ2n) is 2.13. The van der Waals surface area contributed by atoms with Crippen LogP contribution in [0.2, 0.25) is 0 Å². The van der Waals surface area contributed by atoms with Crippen LogP contribution in [-0.2, 0) is 0 Å². The Morgan fingerprint density at radius 2 is 2.45 bits per heavy atom. The summed E-state index contributed by atoms with van der Waals surface area (Å²) in [6.07, 6.45) is 1.79. The average molecular weight is 183 g/mol. The van der Waals surface area contributed by atoms with Crippen molar-refractivity contribution in [2.24, 2.45) is 0 Å². The molecule has 0 amide bonds. The van der Waals surface area contributed by atoms with Crippen molar-refractivity contribution in [2.75, 3.05) is 0 Å². The Morgan fingerprint density at radius 3 is 3.00 bits per heavy atom. The van der Waals surface area contributed by atoms with Gasteiger partial charge in [-0.25, -0.2) is 4.98 Å². The van der Waals surface area contributed by atoms with E-state index in [4.69, 9.17) is 12.2 Å². The highest BCUT2D eigenvalue weighted by Gasteiger charge is 1.99. The van der Waals surface area contributed by atoms with Crippen LogP contribution in [0.4, 0.5) is 0 Å². The molecular weight excluding hydrogens is 174 g/mol. The van der Waals surface area contributed by atoms with E-state index in [9.17, 15) is 0 Å². The molecule has 1 aromatic rings. The summed E-state index contributed by atoms with van der Waals surface area (Å²) in [4.78, 5) is 4.16. The monoisotopic (exact) mass is 183 g/mol. The molecule has 1 heterocycles. The maximum absolute atomic E-state index is 4.80. The van der Waals surface area contributed by atoms with E-state index in [1.165, 1.54) is 0 Å². The van der Waals surface area contributed by atoms with Crippen LogP contribution in [0.1, 0.15) is 6.92 Å². The van der Waals surface area contributed by atoms with E-state index in [2.05, 4.69) is 11.9 Å². The second-order valence-corrected chi connectivity index (χ2v) is 3.80. The number of rotatable bonds is 3. The van der Waals surface area contributed by atoms with Crippen LogP contribution in [-0.4, -0.2) is 15.6 Å². The minimum Gasteiger partial charge on any atom is -0.250 e. The smallest absolute Gasteiger partial charge is 0.0965 e. The molecule has 1 nitrogen and oxygen atoms in total. The van der Waals surface area contributed by atoms with Gasteiger partial charge in [-0.2, -0.15) is 0 Å². The molecule has 0 radical (unpaired) electrons. The van der Waals surface area contributed by atoms with Crippen LogP contribution in [0.25, 0.3) is 0 Å². The van der Waals surface area contributed by atoms with Gasteiger partial charge in [0.1, 0.15) is 0 Å². The molecule has 58 valence electrons. The number of pyridine rings is 1. The summed E-state index contributed by atoms with van der Waals surface area (Å²) >= 11 is 6.47. The maximum Gasteiger partial charge on any atom is 0.0965 e. The summed E-state index contributed by atoms with van der Waals surface area (Å²) in [5.74, 6) is 0. The molecule has 0 aliphatic carbocycles. The quantitative estimate of drug-likeness (QED) is 0.528. The van der Waals surface area contributed by atoms with Crippen molar-refractivity contribution in [3.05, 3.63) is 24.4 Å². The van der Waals surface area contributed by atoms with E-state index in [1.54, 1.807) is 23.3 Å². The van der Waals surface area contributed by atoms with Crippen LogP contribution in [0.3, 0.4) is 0 Å². The Kier molecular flexibility index (Phi) is 3.52. The number of thiocarbonyl (C=S) groups is 1. The third-order valence-corrected chi connectivity index (χ3v) is 2.71. The molecule has 0 bridgehead atoms. The zero-order chi connectivity index (χ0) is 8.10. The molecule has 1 unspecified atom stereocenters. The van der Waals surface area contributed by atoms with E-state index < -0.39 is 0 Å². The largest absolute Gasteiger partial charge is 0.250 e. The number of aromatic nitrogens is 1. The van der Waals surface area contributed by atoms with Crippen LogP contribution < -0.4 is 0 Å². The Balaban J connectivity index is 2.57. The molecule has 0 aliphatic heterocycles. The fourth-order valence-corrected chi connectivity index (χ4v) is 1.52. The van der Waals surface area contributed by atoms with Crippen molar-refractivity contribution in [3.8, 4) is 0 Å². The highest BCUT2D eigenvalue weighted by atomic mass is 32.2. The van der Waals surface area contributed by atoms with Crippen molar-refractivity contribution in [1.82, 2.24) is 4.98 Å². The van der Waals surface area contributed by atoms with Crippen molar-refractivity contribution < 1.29 is 0 Å². The molecule has 3 heteroatoms. The van der Waals surface area contributed by atoms with Crippen molar-refractivity contribution >= 4 is 29.3 Å². The Bertz CT molecular complexity index is 223. The molecule has 0 spiro atoms. The fraction of sp³-hybridized carbons (Fsp3) is 0.250. The second kappa shape index (κ2) is 4.46. The van der Waals surface area contributed by atoms with Gasteiger partial charge in [-0.15, -0.1) is 0 Å². The summed E-state index contributed by atoms with van der Waals surface area (Å²) < 4.78 is 0. The molecule has 1 rings (SSSR count). The van der Waals surface area contributed by atoms with Crippen molar-refractivity contribution in [2.45, 2.75) is 17.2 Å². The minimum atomic E-state index is 0.361. The predicted octanol–water partition coefficient (Wildman–Crippen LogP) is 2.56. The zero-order valence-corrected chi connectivity index (χ0v) is 7.86. The van der Waals surface area contributed by atoms with E-state index in [-0.39, 0.29) is 0 Å². The van der Waals surface area contributed by atoms with Gasteiger partial charge in [-0.05, 0) is 24.4 Å². The highest BCUT2D eigenvalue weighted by Crippen LogP contribution is 2.18. The van der Waals surface area contributed by atoms with Gasteiger partial charge in [0.15, 0.2) is 0 Å². The third-order valence-electron chi connectivity index (χ3n) is 1.14. The van der Waals surface area contributed by atoms with Gasteiger partial charge in [-0.1, -0.05) is 30.0 Å². The van der Waals surface area contributed by atoms with Gasteiger partial charge in [0.2, 0.25) is 0 Å². The lowest BCUT2D eigenvalue weighted by Crippen LogP contribution is -1.94. The van der Waals surface area contributed by atoms with E-state index in [0.29, 0.717) is 5.25 Å². The molecule has 0 aliphatic rings. The number of hydrogen-bond donors (Lipinski definition) is 0. The molecule has 1 aromatic heterocycles. The van der Waals surface area contributed by atoms with Crippen LogP contribution >= 0.6 is 24.0 Å². The standard InChI is InChI=1S/C8H9NS2/c1-7(6-10)11-8-4-2-3-5-9-8/h2-7H,1H3. The Hall–Kier alpha value is -0.410. The summed E-state index contributed by atoms with van der Waals surface area (Å²) in [5.41, 5.74) is 0. The first-order valence-corrected chi connectivity index (χ1v) is 4.71. The minimum absolute atomic E-state index is 0.361. The van der Waals surface area contributed by atoms with E-state index in [0.717, 1.165) is 5.03 Å². The SMILES string of the molecule is CC(C=S)Sc1ccccn1. The zero-order valence-electron chi connectivity index (χ0n) is 6.23. The average Bonchev–Trinajstić information content (AvgIpc) is 2.06. The van der Waals surface area contributed by atoms with Crippen molar-refractivity contribution in [3.63, 3.8) is 0 Å². The summed E-state index contributed by atoms with van der Waals surface area (Å²) in [6, 6.07) is 5.87. The van der Waals surface area contributed by atoms with Crippen LogP contribution in [0.15, 0.2) is 29.4 Å². The molecule has 0 N–H and O–H groups in total. The van der Waals surface area contributed by atoms with E-state index in [1.807, 2.05) is 18.2 Å². The highest BCUT2D eigenvalue weighted by molar-refractivity contribution is 8.01. The predicted molar refractivity (Wildman–Crippen MR) is 53.2 cm³/mol. The molecule has 0 aromatic carbocycles. The van der Waals surface area contributed by atoms with Gasteiger partial charge in [0.25, 0.3) is 0 Å². The van der Waals surface area contributed by atoms with E-state index >= 15 is 0 Å². The van der Waals surface area contributed by atoms with Crippen LogP contribution in [0, 0.1) is 0 Å². The third kappa shape index (κ3) is 2.99. The van der Waals surface area contributed by atoms with Gasteiger partial charge >= 0.3 is 0 Å². The first kappa shape index (κ1) is 8.68. The Labute approximate surface area is 76.2 Å². The molecule has 0 fully saturated rings. The lowest BCUT2D eigenvalue weighted by molar-refractivity contribution is 1.13. The van der Waals surface area contributed by atoms with Gasteiger partial charge in [0.05, 0.1) is 5.03 Å². The molecule has 11 heavy (non-hydrogen) atoms. The summed E-state index contributed by atoms with van der Waals surface area (Å²) in [6.45, 7) is 2.06. The summed E-state index contributed by atoms with van der Waals surface area (Å²) in [7, 11) is 0. The van der Waals surface area contributed by atoms with Gasteiger partial charge in [0, 0.05) is 11.4 Å². The number of hydrogen-bond acceptors (Lipinski definition) is 3. The van der Waals surface area contributed by atoms with Crippen molar-refractivity contribution in [1.29, 1.82) is 0 Å². The molecule has 0 saturated carbocycles. The maximum atomic E-state index is 4.80. The van der Waals surface area contributed by atoms with Gasteiger partial charge in [-0.3, -0.25) is 0 Å². The first-order chi connectivity index (χ1) is 5.33. The normalized spacial score (nSPS) is 12.5. The molecule has 1 atom stereocenters. The Morgan fingerprint density at radius 1 is 1.64 bits per heavy atom. The molecule has 0 saturated heterocycles. The molecular formula is C8H9NS2. The number of thioether (sulfide) groups is 1. The summed E-state index contributed by atoms with van der Waals surface area (Å²) in [5, 5.41) is 3.14. The topological polar surface area (TPSA) is 12.9 Å². The van der Waals surface area contributed by atoms with Crippen LogP contribution in [0.5, 0.6) is 0 Å². The first-order valence-electron chi connectivity index (χ1n) is 3.36. The lowest BCUT2D eigenvalue weighted by Gasteiger charge is -2.01. The fourth-order valence-electron chi connectivity index (χ4n) is 0.635. The van der Waals surface area contributed by atoms with Gasteiger partial charge < -0.3 is 0 Å². The lowest BCUT2D eigenvalue weighted by atomic mass is 10.5. The number of nitrogens with zero attached hydrogens (tertiary/aromatic N) is 1.